The van der Waals surface area contributed by atoms with Gasteiger partial charge in [0.1, 0.15) is 18.4 Å². The molecule has 1 heterocycles. The number of fused-ring (bicyclic) bond motifs is 2. The summed E-state index contributed by atoms with van der Waals surface area (Å²) >= 11 is 0. The first kappa shape index (κ1) is 60.7. The number of hydrogen-bond acceptors (Lipinski definition) is 15. The van der Waals surface area contributed by atoms with Gasteiger partial charge in [0.15, 0.2) is 0 Å². The van der Waals surface area contributed by atoms with Crippen molar-refractivity contribution in [3.8, 4) is 0 Å². The number of amides is 3. The van der Waals surface area contributed by atoms with Crippen LogP contribution in [0, 0.1) is 55.2 Å². The lowest BCUT2D eigenvalue weighted by Crippen LogP contribution is -2.62. The summed E-state index contributed by atoms with van der Waals surface area (Å²) in [4.78, 5) is 68.4. The van der Waals surface area contributed by atoms with Crippen molar-refractivity contribution in [3.63, 3.8) is 0 Å². The number of aliphatic hydroxyl groups excluding tert-OH is 2. The normalized spacial score (nSPS) is 22.6. The molecule has 0 aromatic heterocycles. The molecule has 1 unspecified atom stereocenters. The van der Waals surface area contributed by atoms with Crippen molar-refractivity contribution in [2.45, 2.75) is 112 Å². The molecule has 7 rings (SSSR count). The monoisotopic (exact) mass is 982 g/mol. The Bertz CT molecular complexity index is 2110. The second-order valence-electron chi connectivity index (χ2n) is 19.3. The number of hydrogen-bond donors (Lipinski definition) is 7. The molecule has 20 nitrogen and oxygen atoms in total. The van der Waals surface area contributed by atoms with E-state index >= 15 is 0 Å². The summed E-state index contributed by atoms with van der Waals surface area (Å²) in [6, 6.07) is 18.7. The second kappa shape index (κ2) is 29.0. The summed E-state index contributed by atoms with van der Waals surface area (Å²) in [5.74, 6) is 5.58. The van der Waals surface area contributed by atoms with E-state index in [4.69, 9.17) is 4.84 Å². The number of nitrogens with two attached hydrogens (primary N) is 1. The number of aldehydes is 1. The van der Waals surface area contributed by atoms with Crippen LogP contribution in [-0.4, -0.2) is 120 Å². The smallest absolute Gasteiger partial charge is 0.319 e. The van der Waals surface area contributed by atoms with E-state index in [1.165, 1.54) is 43.9 Å². The Kier molecular flexibility index (Phi) is 25.2. The minimum Gasteiger partial charge on any atom is -0.394 e. The van der Waals surface area contributed by atoms with Crippen molar-refractivity contribution in [2.75, 3.05) is 46.7 Å². The van der Waals surface area contributed by atoms with E-state index in [-0.39, 0.29) is 60.9 Å². The number of nitrogens with one attached hydrogen (secondary N) is 4. The molecule has 2 bridgehead atoms. The first-order valence-electron chi connectivity index (χ1n) is 23.2. The zero-order chi connectivity index (χ0) is 51.6. The van der Waals surface area contributed by atoms with Gasteiger partial charge < -0.3 is 41.2 Å². The summed E-state index contributed by atoms with van der Waals surface area (Å²) in [6.07, 6.45) is 2.07. The van der Waals surface area contributed by atoms with E-state index in [1.807, 2.05) is 44.4 Å². The molecular formula is C50H79N9O11. The van der Waals surface area contributed by atoms with Gasteiger partial charge in [-0.25, -0.2) is 10.7 Å². The first-order chi connectivity index (χ1) is 32.6. The molecule has 3 aliphatic carbocycles. The molecule has 3 amide bonds. The van der Waals surface area contributed by atoms with Crippen LogP contribution in [0.25, 0.3) is 0 Å². The number of carbonyl (C=O) groups excluding carboxylic acids is 3. The number of likely N-dealkylation sites (N-methyl/N-ethyl adjacent to an activating group) is 1. The Hall–Kier alpha value is -5.45. The van der Waals surface area contributed by atoms with Crippen molar-refractivity contribution in [1.82, 2.24) is 25.9 Å². The highest BCUT2D eigenvalue weighted by Crippen LogP contribution is 2.61. The molecule has 3 aromatic carbocycles. The van der Waals surface area contributed by atoms with Gasteiger partial charge in [0.25, 0.3) is 11.4 Å². The number of hydroxylamine groups is 2. The Morgan fingerprint density at radius 2 is 1.60 bits per heavy atom. The van der Waals surface area contributed by atoms with Gasteiger partial charge in [-0.05, 0) is 99.7 Å². The minimum atomic E-state index is -0.855. The van der Waals surface area contributed by atoms with E-state index in [2.05, 4.69) is 71.5 Å². The number of nitro benzene ring substituents is 2. The largest absolute Gasteiger partial charge is 0.394 e. The van der Waals surface area contributed by atoms with Crippen molar-refractivity contribution in [3.05, 3.63) is 110 Å². The molecule has 70 heavy (non-hydrogen) atoms. The van der Waals surface area contributed by atoms with Crippen LogP contribution in [0.1, 0.15) is 89.7 Å². The van der Waals surface area contributed by atoms with E-state index in [9.17, 15) is 44.8 Å². The van der Waals surface area contributed by atoms with Gasteiger partial charge in [-0.1, -0.05) is 78.4 Å². The Balaban J connectivity index is 0.000000503. The third kappa shape index (κ3) is 17.7. The third-order valence-electron chi connectivity index (χ3n) is 13.0. The van der Waals surface area contributed by atoms with Crippen LogP contribution in [0.2, 0.25) is 0 Å². The fourth-order valence-electron chi connectivity index (χ4n) is 9.65. The number of anilines is 1. The molecule has 0 radical (unpaired) electrons. The summed E-state index contributed by atoms with van der Waals surface area (Å²) in [7, 11) is 7.19. The fraction of sp³-hybridized carbons (Fsp3) is 0.580. The molecule has 0 spiro atoms. The first-order valence-corrected chi connectivity index (χ1v) is 23.2. The van der Waals surface area contributed by atoms with Crippen molar-refractivity contribution < 1.29 is 44.1 Å². The maximum atomic E-state index is 13.9. The average Bonchev–Trinajstić information content (AvgIpc) is 3.66. The second-order valence-corrected chi connectivity index (χ2v) is 19.3. The lowest BCUT2D eigenvalue weighted by atomic mass is 9.45. The predicted molar refractivity (Wildman–Crippen MR) is 270 cm³/mol. The molecule has 390 valence electrons. The molecule has 3 aromatic rings. The maximum absolute atomic E-state index is 13.9. The van der Waals surface area contributed by atoms with Crippen LogP contribution >= 0.6 is 0 Å². The average molecular weight is 982 g/mol. The molecule has 1 saturated heterocycles. The quantitative estimate of drug-likeness (QED) is 0.0444. The lowest BCUT2D eigenvalue weighted by Gasteiger charge is -2.62. The third-order valence-corrected chi connectivity index (χ3v) is 13.0. The fourth-order valence-corrected chi connectivity index (χ4v) is 9.65. The van der Waals surface area contributed by atoms with E-state index in [0.717, 1.165) is 30.5 Å². The summed E-state index contributed by atoms with van der Waals surface area (Å²) in [6.45, 7) is 14.2. The molecule has 20 heteroatoms. The zero-order valence-corrected chi connectivity index (χ0v) is 41.7. The van der Waals surface area contributed by atoms with Crippen molar-refractivity contribution >= 4 is 35.3 Å². The van der Waals surface area contributed by atoms with Crippen molar-refractivity contribution in [1.29, 1.82) is 0 Å². The molecule has 8 N–H and O–H groups in total. The lowest BCUT2D eigenvalue weighted by molar-refractivity contribution is -0.385. The summed E-state index contributed by atoms with van der Waals surface area (Å²) < 4.78 is 0. The minimum absolute atomic E-state index is 0. The molecule has 1 aliphatic heterocycles. The number of nitro groups is 2. The molecule has 4 fully saturated rings. The van der Waals surface area contributed by atoms with Gasteiger partial charge in [0, 0.05) is 66.6 Å². The SMILES string of the molecule is C.CC(C)C[C@H](CN(C)C)NC(=O)Nc1cccc(CN2O[C@@H](CO)[C@@H]([C@H](C)O)[C@H]2C(=O)NC2C[C@H]3C[C@@H]([C@@H]2C)C3(C)C)c1.CNCc1cccc([N+](=O)[O-])c1.CON.O=Cc1cccc([N+](=O)[O-])c1. The highest BCUT2D eigenvalue weighted by molar-refractivity contribution is 5.89. The molecular weight excluding hydrogens is 903 g/mol. The Morgan fingerprint density at radius 1 is 1.00 bits per heavy atom. The number of non-ortho nitro benzene ring substituents is 2. The maximum Gasteiger partial charge on any atom is 0.319 e. The van der Waals surface area contributed by atoms with Gasteiger partial charge in [0.05, 0.1) is 36.2 Å². The van der Waals surface area contributed by atoms with Gasteiger partial charge in [-0.2, -0.15) is 5.06 Å². The van der Waals surface area contributed by atoms with Crippen LogP contribution in [-0.2, 0) is 27.6 Å². The Morgan fingerprint density at radius 3 is 2.13 bits per heavy atom. The van der Waals surface area contributed by atoms with Crippen LogP contribution < -0.4 is 27.2 Å². The van der Waals surface area contributed by atoms with Gasteiger partial charge in [0.2, 0.25) is 5.91 Å². The van der Waals surface area contributed by atoms with Gasteiger partial charge >= 0.3 is 6.03 Å². The predicted octanol–water partition coefficient (Wildman–Crippen LogP) is 6.31. The molecule has 4 aliphatic rings. The van der Waals surface area contributed by atoms with Crippen LogP contribution in [0.5, 0.6) is 0 Å². The number of urea groups is 1. The highest BCUT2D eigenvalue weighted by atomic mass is 16.7. The highest BCUT2D eigenvalue weighted by Gasteiger charge is 2.57. The molecule has 3 saturated carbocycles. The number of aliphatic hydroxyl groups is 2. The molecule has 9 atom stereocenters. The summed E-state index contributed by atoms with van der Waals surface area (Å²) in [5, 5.41) is 55.2. The van der Waals surface area contributed by atoms with Crippen LogP contribution in [0.3, 0.4) is 0 Å². The topological polar surface area (TPSA) is 277 Å². The van der Waals surface area contributed by atoms with Crippen LogP contribution in [0.4, 0.5) is 21.9 Å². The number of carbonyl (C=O) groups is 3. The standard InChI is InChI=1S/C33H55N5O5.C8H10N2O2.C7H5NO3.CH5NO.CH4/c1-19(2)12-25(17-37(7)8)35-32(42)34-24-11-9-10-22(13-24)16-38-30(29(21(4)40)28(18-39)43-38)31(41)36-27-15-23-14-26(20(27)3)33(23,5)6;1-9-6-7-3-2-4-8(5-7)10(11)12;9-5-6-2-1-3-7(4-6)8(10)11;1-3-2;/h9-11,13,19-21,23,25-30,39-40H,12,14-18H2,1-8H3,(H,36,41)(H2,34,35,42);2-5,9H,6H2,1H3;1-5H;2H2,1H3;1H4/t20-,21-,23+,25+,26-,27?,28-,29+,30-;;;;/m0..../s1. The van der Waals surface area contributed by atoms with Crippen molar-refractivity contribution in [2.24, 2.45) is 40.9 Å². The number of nitrogens with zero attached hydrogens (tertiary/aromatic N) is 4. The van der Waals surface area contributed by atoms with Gasteiger partial charge in [-0.3, -0.25) is 34.7 Å². The number of benzene rings is 3. The van der Waals surface area contributed by atoms with E-state index in [0.29, 0.717) is 53.2 Å². The number of rotatable bonds is 17. The zero-order valence-electron chi connectivity index (χ0n) is 41.7. The van der Waals surface area contributed by atoms with Crippen LogP contribution in [0.15, 0.2) is 72.8 Å². The van der Waals surface area contributed by atoms with Gasteiger partial charge in [-0.15, -0.1) is 0 Å². The summed E-state index contributed by atoms with van der Waals surface area (Å²) in [5.41, 5.74) is 3.10. The van der Waals surface area contributed by atoms with E-state index in [1.54, 1.807) is 31.2 Å². The van der Waals surface area contributed by atoms with E-state index < -0.39 is 29.1 Å². The Labute approximate surface area is 413 Å².